The number of carbonyl (C=O) groups is 1. The van der Waals surface area contributed by atoms with Crippen molar-refractivity contribution in [3.8, 4) is 5.75 Å². The van der Waals surface area contributed by atoms with Gasteiger partial charge in [-0.1, -0.05) is 30.0 Å². The first-order chi connectivity index (χ1) is 13.4. The van der Waals surface area contributed by atoms with Gasteiger partial charge < -0.3 is 14.5 Å². The molecule has 1 N–H and O–H groups in total. The van der Waals surface area contributed by atoms with Crippen LogP contribution < -0.4 is 10.1 Å². The molecule has 146 valence electrons. The first-order valence-corrected chi connectivity index (χ1v) is 9.04. The summed E-state index contributed by atoms with van der Waals surface area (Å²) in [5, 5.41) is 9.76. The molecule has 2 aromatic carbocycles. The van der Waals surface area contributed by atoms with Gasteiger partial charge in [-0.3, -0.25) is 4.79 Å². The summed E-state index contributed by atoms with van der Waals surface area (Å²) in [5.41, 5.74) is -0.522. The van der Waals surface area contributed by atoms with Gasteiger partial charge in [-0.25, -0.2) is 13.2 Å². The molecule has 0 radical (unpaired) electrons. The zero-order chi connectivity index (χ0) is 20.1. The molecule has 0 spiro atoms. The van der Waals surface area contributed by atoms with Gasteiger partial charge in [0.15, 0.2) is 17.7 Å². The van der Waals surface area contributed by atoms with Crippen LogP contribution in [0.4, 0.5) is 18.9 Å². The fourth-order valence-corrected chi connectivity index (χ4v) is 2.71. The molecule has 28 heavy (non-hydrogen) atoms. The van der Waals surface area contributed by atoms with Crippen molar-refractivity contribution >= 4 is 23.4 Å². The minimum absolute atomic E-state index is 0.0358. The molecule has 6 nitrogen and oxygen atoms in total. The highest BCUT2D eigenvalue weighted by molar-refractivity contribution is 7.99. The number of halogens is 3. The van der Waals surface area contributed by atoms with E-state index in [0.29, 0.717) is 0 Å². The molecule has 3 rings (SSSR count). The predicted molar refractivity (Wildman–Crippen MR) is 95.5 cm³/mol. The molecule has 1 aromatic heterocycles. The molecule has 1 atom stereocenters. The lowest BCUT2D eigenvalue weighted by atomic mass is 10.3. The minimum Gasteiger partial charge on any atom is -0.478 e. The molecule has 1 amide bonds. The number of amides is 1. The molecule has 0 saturated heterocycles. The van der Waals surface area contributed by atoms with Crippen molar-refractivity contribution < 1.29 is 27.1 Å². The summed E-state index contributed by atoms with van der Waals surface area (Å²) in [7, 11) is 0. The summed E-state index contributed by atoms with van der Waals surface area (Å²) in [5.74, 6) is -3.02. The van der Waals surface area contributed by atoms with Crippen LogP contribution in [0.1, 0.15) is 18.9 Å². The van der Waals surface area contributed by atoms with Crippen molar-refractivity contribution in [2.45, 2.75) is 18.3 Å². The van der Waals surface area contributed by atoms with E-state index in [4.69, 9.17) is 9.15 Å². The second kappa shape index (κ2) is 8.79. The Hall–Kier alpha value is -3.01. The van der Waals surface area contributed by atoms with Gasteiger partial charge in [0.25, 0.3) is 11.1 Å². The Kier molecular flexibility index (Phi) is 6.19. The molecule has 3 aromatic rings. The Morgan fingerprint density at radius 2 is 1.79 bits per heavy atom. The van der Waals surface area contributed by atoms with E-state index in [1.807, 2.05) is 0 Å². The Balaban J connectivity index is 1.56. The Morgan fingerprint density at radius 3 is 2.50 bits per heavy atom. The number of hydrogen-bond donors (Lipinski definition) is 1. The molecule has 0 bridgehead atoms. The van der Waals surface area contributed by atoms with Crippen molar-refractivity contribution in [3.05, 3.63) is 65.8 Å². The van der Waals surface area contributed by atoms with Crippen LogP contribution in [-0.2, 0) is 4.79 Å². The third-order valence-corrected chi connectivity index (χ3v) is 4.28. The smallest absolute Gasteiger partial charge is 0.277 e. The zero-order valence-electron chi connectivity index (χ0n) is 14.5. The first-order valence-electron chi connectivity index (χ1n) is 8.05. The van der Waals surface area contributed by atoms with E-state index < -0.39 is 35.2 Å². The van der Waals surface area contributed by atoms with Crippen LogP contribution in [0.25, 0.3) is 0 Å². The van der Waals surface area contributed by atoms with Crippen LogP contribution in [0, 0.1) is 17.5 Å². The summed E-state index contributed by atoms with van der Waals surface area (Å²) in [6.07, 6.45) is -0.722. The highest BCUT2D eigenvalue weighted by Crippen LogP contribution is 2.26. The maximum atomic E-state index is 13.6. The number of nitrogens with one attached hydrogen (secondary N) is 1. The van der Waals surface area contributed by atoms with E-state index in [0.717, 1.165) is 23.9 Å². The van der Waals surface area contributed by atoms with Crippen LogP contribution >= 0.6 is 11.8 Å². The number of para-hydroxylation sites is 2. The van der Waals surface area contributed by atoms with E-state index in [1.54, 1.807) is 13.0 Å². The molecule has 0 fully saturated rings. The van der Waals surface area contributed by atoms with Crippen LogP contribution in [0.2, 0.25) is 0 Å². The van der Waals surface area contributed by atoms with E-state index in [1.165, 1.54) is 24.3 Å². The summed E-state index contributed by atoms with van der Waals surface area (Å²) in [6.45, 7) is 1.60. The molecule has 0 aliphatic heterocycles. The monoisotopic (exact) mass is 409 g/mol. The Bertz CT molecular complexity index is 963. The zero-order valence-corrected chi connectivity index (χ0v) is 15.3. The molecule has 0 unspecified atom stereocenters. The molecular formula is C18H14F3N3O3S. The normalized spacial score (nSPS) is 11.9. The molecule has 0 saturated carbocycles. The molecule has 1 heterocycles. The fourth-order valence-electron chi connectivity index (χ4n) is 2.14. The maximum absolute atomic E-state index is 13.6. The largest absolute Gasteiger partial charge is 0.478 e. The van der Waals surface area contributed by atoms with Gasteiger partial charge in [0.2, 0.25) is 5.91 Å². The number of aromatic nitrogens is 2. The van der Waals surface area contributed by atoms with Gasteiger partial charge in [0.1, 0.15) is 17.3 Å². The van der Waals surface area contributed by atoms with Gasteiger partial charge >= 0.3 is 0 Å². The number of anilines is 1. The topological polar surface area (TPSA) is 77.2 Å². The van der Waals surface area contributed by atoms with Crippen LogP contribution in [0.15, 0.2) is 52.1 Å². The van der Waals surface area contributed by atoms with Gasteiger partial charge in [-0.05, 0) is 31.2 Å². The number of rotatable bonds is 7. The van der Waals surface area contributed by atoms with Crippen molar-refractivity contribution in [1.82, 2.24) is 10.2 Å². The lowest BCUT2D eigenvalue weighted by Gasteiger charge is -2.11. The summed E-state index contributed by atoms with van der Waals surface area (Å²) < 4.78 is 51.5. The highest BCUT2D eigenvalue weighted by Gasteiger charge is 2.19. The average Bonchev–Trinajstić information content (AvgIpc) is 3.14. The van der Waals surface area contributed by atoms with Crippen molar-refractivity contribution in [2.24, 2.45) is 0 Å². The first kappa shape index (κ1) is 19.7. The highest BCUT2D eigenvalue weighted by atomic mass is 32.2. The second-order valence-corrected chi connectivity index (χ2v) is 6.46. The maximum Gasteiger partial charge on any atom is 0.277 e. The van der Waals surface area contributed by atoms with Gasteiger partial charge in [-0.15, -0.1) is 10.2 Å². The number of thioether (sulfide) groups is 1. The second-order valence-electron chi connectivity index (χ2n) is 5.53. The quantitative estimate of drug-likeness (QED) is 0.585. The lowest BCUT2D eigenvalue weighted by Crippen LogP contribution is -2.16. The number of nitrogens with zero attached hydrogens (tertiary/aromatic N) is 2. The van der Waals surface area contributed by atoms with Crippen molar-refractivity contribution in [1.29, 1.82) is 0 Å². The molecule has 10 heteroatoms. The molecule has 0 aliphatic carbocycles. The number of ether oxygens (including phenoxy) is 1. The van der Waals surface area contributed by atoms with Crippen molar-refractivity contribution in [3.63, 3.8) is 0 Å². The number of carbonyl (C=O) groups excluding carboxylic acids is 1. The third kappa shape index (κ3) is 4.83. The van der Waals surface area contributed by atoms with Gasteiger partial charge in [0, 0.05) is 0 Å². The Morgan fingerprint density at radius 1 is 1.11 bits per heavy atom. The average molecular weight is 409 g/mol. The van der Waals surface area contributed by atoms with Gasteiger partial charge in [-0.2, -0.15) is 0 Å². The van der Waals surface area contributed by atoms with Crippen molar-refractivity contribution in [2.75, 3.05) is 11.1 Å². The summed E-state index contributed by atoms with van der Waals surface area (Å²) >= 11 is 0.880. The standard InChI is InChI=1S/C18H14F3N3O3S/c1-10(26-14-8-3-2-5-11(14)19)17-23-24-18(27-17)28-9-15(25)22-16-12(20)6-4-7-13(16)21/h2-8,10H,9H2,1H3,(H,22,25)/t10-/m1/s1. The lowest BCUT2D eigenvalue weighted by molar-refractivity contribution is -0.113. The molecule has 0 aliphatic rings. The van der Waals surface area contributed by atoms with E-state index in [9.17, 15) is 18.0 Å². The number of hydrogen-bond acceptors (Lipinski definition) is 6. The summed E-state index contributed by atoms with van der Waals surface area (Å²) in [6, 6.07) is 9.14. The fraction of sp³-hybridized carbons (Fsp3) is 0.167. The minimum atomic E-state index is -0.877. The predicted octanol–water partition coefficient (Wildman–Crippen LogP) is 4.36. The van der Waals surface area contributed by atoms with Crippen LogP contribution in [0.3, 0.4) is 0 Å². The third-order valence-electron chi connectivity index (χ3n) is 3.46. The van der Waals surface area contributed by atoms with Gasteiger partial charge in [0.05, 0.1) is 5.75 Å². The SMILES string of the molecule is C[C@@H](Oc1ccccc1F)c1nnc(SCC(=O)Nc2c(F)cccc2F)o1. The number of benzene rings is 2. The Labute approximate surface area is 162 Å². The van der Waals surface area contributed by atoms with Crippen LogP contribution in [-0.4, -0.2) is 21.9 Å². The van der Waals surface area contributed by atoms with E-state index in [2.05, 4.69) is 15.5 Å². The summed E-state index contributed by atoms with van der Waals surface area (Å²) in [4.78, 5) is 11.9. The molecular weight excluding hydrogens is 395 g/mol. The van der Waals surface area contributed by atoms with E-state index in [-0.39, 0.29) is 22.6 Å². The van der Waals surface area contributed by atoms with Crippen LogP contribution in [0.5, 0.6) is 5.75 Å². The van der Waals surface area contributed by atoms with E-state index >= 15 is 0 Å².